The fourth-order valence-corrected chi connectivity index (χ4v) is 1.98. The van der Waals surface area contributed by atoms with Crippen molar-refractivity contribution < 1.29 is 14.3 Å². The molecule has 1 aromatic heterocycles. The number of esters is 1. The maximum absolute atomic E-state index is 11.8. The summed E-state index contributed by atoms with van der Waals surface area (Å²) < 4.78 is 10.8. The quantitative estimate of drug-likeness (QED) is 0.779. The van der Waals surface area contributed by atoms with Crippen molar-refractivity contribution in [1.29, 1.82) is 0 Å². The van der Waals surface area contributed by atoms with Gasteiger partial charge >= 0.3 is 5.97 Å². The minimum Gasteiger partial charge on any atom is -0.459 e. The molecule has 0 N–H and O–H groups in total. The van der Waals surface area contributed by atoms with Gasteiger partial charge in [0.05, 0.1) is 16.2 Å². The number of carbonyl (C=O) groups excluding carboxylic acids is 1. The fourth-order valence-electron chi connectivity index (χ4n) is 1.79. The molecule has 5 heteroatoms. The number of rotatable bonds is 3. The molecule has 0 saturated carbocycles. The van der Waals surface area contributed by atoms with Crippen molar-refractivity contribution in [3.63, 3.8) is 0 Å². The molecule has 2 heterocycles. The Kier molecular flexibility index (Phi) is 3.64. The van der Waals surface area contributed by atoms with Crippen LogP contribution >= 0.6 is 11.6 Å². The number of hydrogen-bond donors (Lipinski definition) is 0. The lowest BCUT2D eigenvalue weighted by Gasteiger charge is -2.22. The zero-order valence-corrected chi connectivity index (χ0v) is 10.4. The largest absolute Gasteiger partial charge is 0.459 e. The Hall–Kier alpha value is -1.13. The number of aromatic nitrogens is 1. The predicted molar refractivity (Wildman–Crippen MR) is 63.1 cm³/mol. The maximum Gasteiger partial charge on any atom is 0.339 e. The molecule has 0 aromatic carbocycles. The molecule has 0 spiro atoms. The molecule has 0 bridgehead atoms. The first-order chi connectivity index (χ1) is 8.11. The molecule has 1 aromatic rings. The average Bonchev–Trinajstić information content (AvgIpc) is 2.74. The van der Waals surface area contributed by atoms with Crippen molar-refractivity contribution in [2.24, 2.45) is 0 Å². The molecule has 0 aliphatic carbocycles. The number of carbonyl (C=O) groups is 1. The number of pyridine rings is 1. The van der Waals surface area contributed by atoms with Crippen LogP contribution in [0, 0.1) is 0 Å². The molecular weight excluding hydrogens is 242 g/mol. The van der Waals surface area contributed by atoms with Crippen molar-refractivity contribution in [1.82, 2.24) is 4.98 Å². The zero-order chi connectivity index (χ0) is 12.3. The SMILES string of the molecule is C[C@]1(COC(=O)c2ccncc2Cl)CCCO1. The second-order valence-electron chi connectivity index (χ2n) is 4.33. The molecule has 0 unspecified atom stereocenters. The smallest absolute Gasteiger partial charge is 0.339 e. The maximum atomic E-state index is 11.8. The van der Waals surface area contributed by atoms with E-state index in [0.29, 0.717) is 10.6 Å². The van der Waals surface area contributed by atoms with Gasteiger partial charge in [-0.3, -0.25) is 4.98 Å². The van der Waals surface area contributed by atoms with Gasteiger partial charge in [-0.15, -0.1) is 0 Å². The fraction of sp³-hybridized carbons (Fsp3) is 0.500. The number of hydrogen-bond acceptors (Lipinski definition) is 4. The van der Waals surface area contributed by atoms with E-state index < -0.39 is 5.97 Å². The summed E-state index contributed by atoms with van der Waals surface area (Å²) in [6.07, 6.45) is 4.84. The Labute approximate surface area is 105 Å². The van der Waals surface area contributed by atoms with Gasteiger partial charge in [-0.2, -0.15) is 0 Å². The first kappa shape index (κ1) is 12.3. The van der Waals surface area contributed by atoms with E-state index in [1.807, 2.05) is 6.92 Å². The van der Waals surface area contributed by atoms with Gasteiger partial charge in [-0.05, 0) is 25.8 Å². The van der Waals surface area contributed by atoms with Crippen molar-refractivity contribution >= 4 is 17.6 Å². The first-order valence-electron chi connectivity index (χ1n) is 5.51. The average molecular weight is 256 g/mol. The van der Waals surface area contributed by atoms with E-state index in [4.69, 9.17) is 21.1 Å². The highest BCUT2D eigenvalue weighted by molar-refractivity contribution is 6.33. The van der Waals surface area contributed by atoms with Crippen LogP contribution in [0.1, 0.15) is 30.1 Å². The molecule has 4 nitrogen and oxygen atoms in total. The van der Waals surface area contributed by atoms with Crippen LogP contribution in [0.3, 0.4) is 0 Å². The summed E-state index contributed by atoms with van der Waals surface area (Å²) in [7, 11) is 0. The lowest BCUT2D eigenvalue weighted by Crippen LogP contribution is -2.31. The Morgan fingerprint density at radius 1 is 1.71 bits per heavy atom. The number of halogens is 1. The van der Waals surface area contributed by atoms with Gasteiger partial charge in [-0.1, -0.05) is 11.6 Å². The van der Waals surface area contributed by atoms with Crippen LogP contribution in [0.4, 0.5) is 0 Å². The van der Waals surface area contributed by atoms with Gasteiger partial charge < -0.3 is 9.47 Å². The molecule has 1 saturated heterocycles. The molecule has 1 fully saturated rings. The molecule has 1 aliphatic rings. The Bertz CT molecular complexity index is 416. The van der Waals surface area contributed by atoms with Crippen LogP contribution in [0.2, 0.25) is 5.02 Å². The minimum absolute atomic E-state index is 0.254. The molecular formula is C12H14ClNO3. The highest BCUT2D eigenvalue weighted by Gasteiger charge is 2.31. The molecule has 1 aliphatic heterocycles. The molecule has 1 atom stereocenters. The highest BCUT2D eigenvalue weighted by atomic mass is 35.5. The molecule has 17 heavy (non-hydrogen) atoms. The molecule has 0 amide bonds. The summed E-state index contributed by atoms with van der Waals surface area (Å²) >= 11 is 5.85. The standard InChI is InChI=1S/C12H14ClNO3/c1-12(4-2-6-17-12)8-16-11(15)9-3-5-14-7-10(9)13/h3,5,7H,2,4,6,8H2,1H3/t12-/m1/s1. The monoisotopic (exact) mass is 255 g/mol. The van der Waals surface area contributed by atoms with Crippen LogP contribution in [0.15, 0.2) is 18.5 Å². The zero-order valence-electron chi connectivity index (χ0n) is 9.61. The van der Waals surface area contributed by atoms with Crippen LogP contribution in [-0.4, -0.2) is 29.8 Å². The third kappa shape index (κ3) is 2.96. The predicted octanol–water partition coefficient (Wildman–Crippen LogP) is 2.46. The van der Waals surface area contributed by atoms with Crippen LogP contribution in [0.5, 0.6) is 0 Å². The minimum atomic E-state index is -0.436. The van der Waals surface area contributed by atoms with Crippen molar-refractivity contribution in [2.45, 2.75) is 25.4 Å². The summed E-state index contributed by atoms with van der Waals surface area (Å²) in [5.41, 5.74) is -0.0157. The van der Waals surface area contributed by atoms with Gasteiger partial charge in [0.1, 0.15) is 6.61 Å². The van der Waals surface area contributed by atoms with Crippen molar-refractivity contribution in [3.05, 3.63) is 29.0 Å². The first-order valence-corrected chi connectivity index (χ1v) is 5.89. The third-order valence-electron chi connectivity index (χ3n) is 2.80. The van der Waals surface area contributed by atoms with Gasteiger partial charge in [0.2, 0.25) is 0 Å². The van der Waals surface area contributed by atoms with Gasteiger partial charge in [-0.25, -0.2) is 4.79 Å². The molecule has 92 valence electrons. The summed E-state index contributed by atoms with van der Waals surface area (Å²) in [5, 5.41) is 0.301. The van der Waals surface area contributed by atoms with E-state index >= 15 is 0 Å². The van der Waals surface area contributed by atoms with Crippen LogP contribution < -0.4 is 0 Å². The van der Waals surface area contributed by atoms with Gasteiger partial charge in [0.25, 0.3) is 0 Å². The molecule has 2 rings (SSSR count). The lowest BCUT2D eigenvalue weighted by atomic mass is 10.0. The Morgan fingerprint density at radius 2 is 2.53 bits per heavy atom. The van der Waals surface area contributed by atoms with Crippen LogP contribution in [-0.2, 0) is 9.47 Å². The van der Waals surface area contributed by atoms with Gasteiger partial charge in [0.15, 0.2) is 0 Å². The van der Waals surface area contributed by atoms with E-state index in [2.05, 4.69) is 4.98 Å². The summed E-state index contributed by atoms with van der Waals surface area (Å²) in [4.78, 5) is 15.6. The van der Waals surface area contributed by atoms with Gasteiger partial charge in [0, 0.05) is 19.0 Å². The summed E-state index contributed by atoms with van der Waals surface area (Å²) in [6, 6.07) is 1.54. The van der Waals surface area contributed by atoms with Crippen molar-refractivity contribution in [3.8, 4) is 0 Å². The topological polar surface area (TPSA) is 48.4 Å². The van der Waals surface area contributed by atoms with E-state index in [1.165, 1.54) is 12.4 Å². The summed E-state index contributed by atoms with van der Waals surface area (Å²) in [5.74, 6) is -0.436. The van der Waals surface area contributed by atoms with E-state index in [0.717, 1.165) is 19.4 Å². The second kappa shape index (κ2) is 5.02. The summed E-state index contributed by atoms with van der Waals surface area (Å²) in [6.45, 7) is 2.93. The third-order valence-corrected chi connectivity index (χ3v) is 3.10. The van der Waals surface area contributed by atoms with E-state index in [1.54, 1.807) is 6.07 Å². The lowest BCUT2D eigenvalue weighted by molar-refractivity contribution is -0.0378. The van der Waals surface area contributed by atoms with Crippen molar-refractivity contribution in [2.75, 3.05) is 13.2 Å². The van der Waals surface area contributed by atoms with E-state index in [9.17, 15) is 4.79 Å². The van der Waals surface area contributed by atoms with Crippen LogP contribution in [0.25, 0.3) is 0 Å². The second-order valence-corrected chi connectivity index (χ2v) is 4.74. The Morgan fingerprint density at radius 3 is 3.18 bits per heavy atom. The number of ether oxygens (including phenoxy) is 2. The number of nitrogens with zero attached hydrogens (tertiary/aromatic N) is 1. The highest BCUT2D eigenvalue weighted by Crippen LogP contribution is 2.25. The van der Waals surface area contributed by atoms with E-state index in [-0.39, 0.29) is 12.2 Å². The normalized spacial score (nSPS) is 23.6. The molecule has 0 radical (unpaired) electrons. The Balaban J connectivity index is 1.96.